The molecular weight excluding hydrogens is 226 g/mol. The fourth-order valence-electron chi connectivity index (χ4n) is 2.05. The Morgan fingerprint density at radius 2 is 1.83 bits per heavy atom. The van der Waals surface area contributed by atoms with E-state index in [1.165, 1.54) is 0 Å². The lowest BCUT2D eigenvalue weighted by atomic mass is 9.75. The van der Waals surface area contributed by atoms with E-state index >= 15 is 0 Å². The Morgan fingerprint density at radius 1 is 1.28 bits per heavy atom. The van der Waals surface area contributed by atoms with Gasteiger partial charge in [-0.1, -0.05) is 32.9 Å². The smallest absolute Gasteiger partial charge is 0.118 e. The molecule has 18 heavy (non-hydrogen) atoms. The summed E-state index contributed by atoms with van der Waals surface area (Å²) in [7, 11) is 1.64. The molecule has 0 saturated heterocycles. The number of benzene rings is 1. The second-order valence-electron chi connectivity index (χ2n) is 5.40. The third kappa shape index (κ3) is 3.24. The number of aliphatic hydroxyl groups excluding tert-OH is 1. The van der Waals surface area contributed by atoms with E-state index in [9.17, 15) is 5.11 Å². The Balaban J connectivity index is 2.94. The zero-order chi connectivity index (χ0) is 13.8. The monoisotopic (exact) mass is 251 g/mol. The number of methoxy groups -OCH3 is 1. The minimum Gasteiger partial charge on any atom is -0.497 e. The molecule has 1 rings (SSSR count). The maximum atomic E-state index is 10.5. The van der Waals surface area contributed by atoms with Gasteiger partial charge in [-0.15, -0.1) is 0 Å². The summed E-state index contributed by atoms with van der Waals surface area (Å²) < 4.78 is 5.14. The van der Waals surface area contributed by atoms with Gasteiger partial charge < -0.3 is 15.6 Å². The Hall–Kier alpha value is -1.06. The second-order valence-corrected chi connectivity index (χ2v) is 5.40. The SMILES string of the molecule is CCC(C)(C)C(O)C(CN)c1ccc(OC)cc1. The highest BCUT2D eigenvalue weighted by Crippen LogP contribution is 2.34. The molecule has 3 N–H and O–H groups in total. The molecule has 0 fully saturated rings. The first-order valence-corrected chi connectivity index (χ1v) is 6.48. The second kappa shape index (κ2) is 6.21. The van der Waals surface area contributed by atoms with Crippen LogP contribution in [0.5, 0.6) is 5.75 Å². The molecule has 0 heterocycles. The summed E-state index contributed by atoms with van der Waals surface area (Å²) in [6, 6.07) is 7.77. The van der Waals surface area contributed by atoms with E-state index in [1.807, 2.05) is 24.3 Å². The molecule has 0 spiro atoms. The van der Waals surface area contributed by atoms with Gasteiger partial charge in [0, 0.05) is 12.5 Å². The molecule has 0 aliphatic heterocycles. The lowest BCUT2D eigenvalue weighted by Crippen LogP contribution is -2.37. The number of nitrogens with two attached hydrogens (primary N) is 1. The first kappa shape index (κ1) is 15.0. The van der Waals surface area contributed by atoms with Gasteiger partial charge in [-0.3, -0.25) is 0 Å². The maximum Gasteiger partial charge on any atom is 0.118 e. The van der Waals surface area contributed by atoms with E-state index in [2.05, 4.69) is 20.8 Å². The molecule has 0 saturated carbocycles. The summed E-state index contributed by atoms with van der Waals surface area (Å²) in [6.45, 7) is 6.68. The first-order valence-electron chi connectivity index (χ1n) is 6.48. The zero-order valence-corrected chi connectivity index (χ0v) is 11.8. The largest absolute Gasteiger partial charge is 0.497 e. The predicted octanol–water partition coefficient (Wildman–Crippen LogP) is 2.53. The summed E-state index contributed by atoms with van der Waals surface area (Å²) in [5.74, 6) is 0.782. The average Bonchev–Trinajstić information content (AvgIpc) is 2.40. The van der Waals surface area contributed by atoms with Crippen molar-refractivity contribution >= 4 is 0 Å². The van der Waals surface area contributed by atoms with Crippen molar-refractivity contribution in [3.05, 3.63) is 29.8 Å². The van der Waals surface area contributed by atoms with Crippen LogP contribution < -0.4 is 10.5 Å². The van der Waals surface area contributed by atoms with E-state index < -0.39 is 6.10 Å². The van der Waals surface area contributed by atoms with Crippen molar-refractivity contribution < 1.29 is 9.84 Å². The summed E-state index contributed by atoms with van der Waals surface area (Å²) in [4.78, 5) is 0. The van der Waals surface area contributed by atoms with Gasteiger partial charge in [-0.05, 0) is 29.5 Å². The van der Waals surface area contributed by atoms with Gasteiger partial charge in [0.25, 0.3) is 0 Å². The van der Waals surface area contributed by atoms with Gasteiger partial charge in [-0.2, -0.15) is 0 Å². The molecule has 3 nitrogen and oxygen atoms in total. The fraction of sp³-hybridized carbons (Fsp3) is 0.600. The molecule has 0 radical (unpaired) electrons. The lowest BCUT2D eigenvalue weighted by molar-refractivity contribution is 0.0264. The predicted molar refractivity (Wildman–Crippen MR) is 74.9 cm³/mol. The van der Waals surface area contributed by atoms with Crippen LogP contribution in [-0.4, -0.2) is 24.9 Å². The Morgan fingerprint density at radius 3 is 2.22 bits per heavy atom. The molecule has 0 amide bonds. The highest BCUT2D eigenvalue weighted by Gasteiger charge is 2.32. The van der Waals surface area contributed by atoms with Crippen LogP contribution in [0.4, 0.5) is 0 Å². The van der Waals surface area contributed by atoms with Crippen molar-refractivity contribution in [3.8, 4) is 5.75 Å². The van der Waals surface area contributed by atoms with Gasteiger partial charge in [-0.25, -0.2) is 0 Å². The minimum atomic E-state index is -0.444. The van der Waals surface area contributed by atoms with Gasteiger partial charge in [0.1, 0.15) is 5.75 Å². The van der Waals surface area contributed by atoms with Crippen molar-refractivity contribution in [2.75, 3.05) is 13.7 Å². The Bertz CT molecular complexity index is 359. The average molecular weight is 251 g/mol. The zero-order valence-electron chi connectivity index (χ0n) is 11.8. The molecule has 2 atom stereocenters. The molecular formula is C15H25NO2. The normalized spacial score (nSPS) is 15.2. The minimum absolute atomic E-state index is 0.0362. The standard InChI is InChI=1S/C15H25NO2/c1-5-15(2,3)14(17)13(10-16)11-6-8-12(18-4)9-7-11/h6-9,13-14,17H,5,10,16H2,1-4H3. The van der Waals surface area contributed by atoms with Crippen LogP contribution in [0.1, 0.15) is 38.7 Å². The molecule has 102 valence electrons. The Labute approximate surface area is 110 Å². The van der Waals surface area contributed by atoms with E-state index in [0.29, 0.717) is 6.54 Å². The molecule has 0 bridgehead atoms. The first-order chi connectivity index (χ1) is 8.46. The molecule has 2 unspecified atom stereocenters. The van der Waals surface area contributed by atoms with Gasteiger partial charge >= 0.3 is 0 Å². The van der Waals surface area contributed by atoms with Crippen LogP contribution in [0.25, 0.3) is 0 Å². The molecule has 1 aromatic carbocycles. The summed E-state index contributed by atoms with van der Waals surface area (Å²) >= 11 is 0. The van der Waals surface area contributed by atoms with Gasteiger partial charge in [0.2, 0.25) is 0 Å². The van der Waals surface area contributed by atoms with Crippen molar-refractivity contribution in [2.24, 2.45) is 11.1 Å². The van der Waals surface area contributed by atoms with Gasteiger partial charge in [0.15, 0.2) is 0 Å². The van der Waals surface area contributed by atoms with Crippen LogP contribution in [0, 0.1) is 5.41 Å². The highest BCUT2D eigenvalue weighted by atomic mass is 16.5. The summed E-state index contributed by atoms with van der Waals surface area (Å²) in [5, 5.41) is 10.5. The Kier molecular flexibility index (Phi) is 5.17. The van der Waals surface area contributed by atoms with Crippen LogP contribution in [0.15, 0.2) is 24.3 Å². The van der Waals surface area contributed by atoms with Crippen LogP contribution in [0.3, 0.4) is 0 Å². The third-order valence-electron chi connectivity index (χ3n) is 3.89. The maximum absolute atomic E-state index is 10.5. The van der Waals surface area contributed by atoms with E-state index in [4.69, 9.17) is 10.5 Å². The van der Waals surface area contributed by atoms with Crippen molar-refractivity contribution in [2.45, 2.75) is 39.2 Å². The third-order valence-corrected chi connectivity index (χ3v) is 3.89. The van der Waals surface area contributed by atoms with Crippen molar-refractivity contribution in [1.82, 2.24) is 0 Å². The number of hydrogen-bond donors (Lipinski definition) is 2. The summed E-state index contributed by atoms with van der Waals surface area (Å²) in [6.07, 6.45) is 0.474. The quantitative estimate of drug-likeness (QED) is 0.817. The van der Waals surface area contributed by atoms with Crippen LogP contribution in [0.2, 0.25) is 0 Å². The summed E-state index contributed by atoms with van der Waals surface area (Å²) in [5.41, 5.74) is 6.76. The molecule has 1 aromatic rings. The van der Waals surface area contributed by atoms with Crippen molar-refractivity contribution in [1.29, 1.82) is 0 Å². The molecule has 3 heteroatoms. The number of hydrogen-bond acceptors (Lipinski definition) is 3. The number of ether oxygens (including phenoxy) is 1. The lowest BCUT2D eigenvalue weighted by Gasteiger charge is -2.35. The van der Waals surface area contributed by atoms with Crippen molar-refractivity contribution in [3.63, 3.8) is 0 Å². The van der Waals surface area contributed by atoms with Crippen LogP contribution in [-0.2, 0) is 0 Å². The van der Waals surface area contributed by atoms with E-state index in [0.717, 1.165) is 17.7 Å². The van der Waals surface area contributed by atoms with E-state index in [-0.39, 0.29) is 11.3 Å². The van der Waals surface area contributed by atoms with E-state index in [1.54, 1.807) is 7.11 Å². The molecule has 0 aliphatic rings. The molecule has 0 aliphatic carbocycles. The topological polar surface area (TPSA) is 55.5 Å². The number of aliphatic hydroxyl groups is 1. The van der Waals surface area contributed by atoms with Gasteiger partial charge in [0.05, 0.1) is 13.2 Å². The molecule has 0 aromatic heterocycles. The fourth-order valence-corrected chi connectivity index (χ4v) is 2.05. The number of rotatable bonds is 6. The van der Waals surface area contributed by atoms with Crippen LogP contribution >= 0.6 is 0 Å². The highest BCUT2D eigenvalue weighted by molar-refractivity contribution is 5.30.